The van der Waals surface area contributed by atoms with Crippen molar-refractivity contribution in [1.29, 1.82) is 0 Å². The second-order valence-corrected chi connectivity index (χ2v) is 5.93. The molecule has 1 aliphatic heterocycles. The Balaban J connectivity index is 1.85. The molecule has 0 aromatic heterocycles. The molecule has 0 aliphatic carbocycles. The van der Waals surface area contributed by atoms with Crippen molar-refractivity contribution in [3.8, 4) is 0 Å². The summed E-state index contributed by atoms with van der Waals surface area (Å²) >= 11 is 9.40. The topological polar surface area (TPSA) is 21.3 Å². The monoisotopic (exact) mass is 303 g/mol. The van der Waals surface area contributed by atoms with Gasteiger partial charge in [-0.25, -0.2) is 0 Å². The molecule has 1 saturated heterocycles. The van der Waals surface area contributed by atoms with E-state index in [1.165, 1.54) is 5.56 Å². The van der Waals surface area contributed by atoms with Gasteiger partial charge in [-0.05, 0) is 17.7 Å². The zero-order chi connectivity index (χ0) is 11.6. The summed E-state index contributed by atoms with van der Waals surface area (Å²) in [6.45, 7) is 5.80. The van der Waals surface area contributed by atoms with Crippen molar-refractivity contribution in [2.75, 3.05) is 19.8 Å². The highest BCUT2D eigenvalue weighted by atomic mass is 79.9. The molecule has 1 aromatic carbocycles. The Morgan fingerprint density at radius 3 is 2.81 bits per heavy atom. The van der Waals surface area contributed by atoms with Crippen LogP contribution >= 0.6 is 27.5 Å². The Morgan fingerprint density at radius 1 is 1.50 bits per heavy atom. The first-order chi connectivity index (χ1) is 7.59. The number of benzene rings is 1. The van der Waals surface area contributed by atoms with Gasteiger partial charge in [-0.3, -0.25) is 0 Å². The van der Waals surface area contributed by atoms with E-state index in [9.17, 15) is 0 Å². The van der Waals surface area contributed by atoms with Gasteiger partial charge in [-0.1, -0.05) is 40.5 Å². The third kappa shape index (κ3) is 2.98. The summed E-state index contributed by atoms with van der Waals surface area (Å²) in [4.78, 5) is 0. The van der Waals surface area contributed by atoms with Crippen LogP contribution in [0, 0.1) is 5.41 Å². The molecule has 0 bridgehead atoms. The predicted octanol–water partition coefficient (Wildman–Crippen LogP) is 3.23. The molecular formula is C12H15BrClNO. The van der Waals surface area contributed by atoms with Gasteiger partial charge in [-0.15, -0.1) is 0 Å². The number of hydrogen-bond acceptors (Lipinski definition) is 2. The Morgan fingerprint density at radius 2 is 2.25 bits per heavy atom. The minimum atomic E-state index is 0.318. The van der Waals surface area contributed by atoms with Crippen molar-refractivity contribution in [3.05, 3.63) is 33.3 Å². The van der Waals surface area contributed by atoms with E-state index < -0.39 is 0 Å². The van der Waals surface area contributed by atoms with Gasteiger partial charge in [0.25, 0.3) is 0 Å². The Kier molecular flexibility index (Phi) is 3.90. The second kappa shape index (κ2) is 5.05. The molecule has 1 fully saturated rings. The van der Waals surface area contributed by atoms with E-state index in [1.807, 2.05) is 18.2 Å². The van der Waals surface area contributed by atoms with E-state index in [0.717, 1.165) is 35.8 Å². The SMILES string of the molecule is CC1(CNCc2ccc(Cl)cc2Br)COC1. The quantitative estimate of drug-likeness (QED) is 0.922. The van der Waals surface area contributed by atoms with E-state index in [4.69, 9.17) is 16.3 Å². The summed E-state index contributed by atoms with van der Waals surface area (Å²) in [5, 5.41) is 4.21. The maximum absolute atomic E-state index is 5.89. The number of rotatable bonds is 4. The predicted molar refractivity (Wildman–Crippen MR) is 69.8 cm³/mol. The third-order valence-electron chi connectivity index (χ3n) is 2.78. The van der Waals surface area contributed by atoms with Crippen LogP contribution in [0.15, 0.2) is 22.7 Å². The van der Waals surface area contributed by atoms with Crippen LogP contribution in [0.25, 0.3) is 0 Å². The molecule has 0 amide bonds. The molecule has 0 radical (unpaired) electrons. The summed E-state index contributed by atoms with van der Waals surface area (Å²) in [5.74, 6) is 0. The highest BCUT2D eigenvalue weighted by Gasteiger charge is 2.32. The molecule has 88 valence electrons. The molecule has 1 N–H and O–H groups in total. The molecule has 1 aliphatic rings. The molecule has 1 aromatic rings. The van der Waals surface area contributed by atoms with Gasteiger partial charge in [0.05, 0.1) is 13.2 Å². The summed E-state index contributed by atoms with van der Waals surface area (Å²) in [5.41, 5.74) is 1.55. The standard InChI is InChI=1S/C12H15BrClNO/c1-12(7-16-8-12)6-15-5-9-2-3-10(14)4-11(9)13/h2-4,15H,5-8H2,1H3. The third-order valence-corrected chi connectivity index (χ3v) is 3.76. The maximum Gasteiger partial charge on any atom is 0.0554 e. The van der Waals surface area contributed by atoms with Gasteiger partial charge in [-0.2, -0.15) is 0 Å². The Labute approximate surface area is 109 Å². The van der Waals surface area contributed by atoms with E-state index in [0.29, 0.717) is 5.41 Å². The van der Waals surface area contributed by atoms with Crippen molar-refractivity contribution in [2.24, 2.45) is 5.41 Å². The maximum atomic E-state index is 5.89. The van der Waals surface area contributed by atoms with Crippen LogP contribution in [0.4, 0.5) is 0 Å². The Bertz CT molecular complexity index is 379. The first-order valence-electron chi connectivity index (χ1n) is 5.31. The van der Waals surface area contributed by atoms with E-state index in [-0.39, 0.29) is 0 Å². The molecule has 2 rings (SSSR count). The second-order valence-electron chi connectivity index (χ2n) is 4.64. The van der Waals surface area contributed by atoms with Gasteiger partial charge in [0.15, 0.2) is 0 Å². The highest BCUT2D eigenvalue weighted by Crippen LogP contribution is 2.26. The molecule has 2 nitrogen and oxygen atoms in total. The van der Waals surface area contributed by atoms with Crippen molar-refractivity contribution < 1.29 is 4.74 Å². The lowest BCUT2D eigenvalue weighted by Crippen LogP contribution is -2.47. The molecule has 4 heteroatoms. The number of ether oxygens (including phenoxy) is 1. The van der Waals surface area contributed by atoms with Crippen molar-refractivity contribution in [1.82, 2.24) is 5.32 Å². The Hall–Kier alpha value is -0.0900. The normalized spacial score (nSPS) is 18.2. The summed E-state index contributed by atoms with van der Waals surface area (Å²) in [7, 11) is 0. The number of halogens is 2. The van der Waals surface area contributed by atoms with Crippen molar-refractivity contribution >= 4 is 27.5 Å². The van der Waals surface area contributed by atoms with Crippen LogP contribution in [0.5, 0.6) is 0 Å². The summed E-state index contributed by atoms with van der Waals surface area (Å²) in [6, 6.07) is 5.88. The molecule has 0 saturated carbocycles. The minimum absolute atomic E-state index is 0.318. The van der Waals surface area contributed by atoms with Gasteiger partial charge >= 0.3 is 0 Å². The fourth-order valence-corrected chi connectivity index (χ4v) is 2.54. The zero-order valence-electron chi connectivity index (χ0n) is 9.22. The van der Waals surface area contributed by atoms with E-state index >= 15 is 0 Å². The van der Waals surface area contributed by atoms with Crippen molar-refractivity contribution in [2.45, 2.75) is 13.5 Å². The van der Waals surface area contributed by atoms with Crippen LogP contribution in [0.1, 0.15) is 12.5 Å². The highest BCUT2D eigenvalue weighted by molar-refractivity contribution is 9.10. The lowest BCUT2D eigenvalue weighted by atomic mass is 9.89. The lowest BCUT2D eigenvalue weighted by Gasteiger charge is -2.38. The minimum Gasteiger partial charge on any atom is -0.380 e. The average Bonchev–Trinajstić information content (AvgIpc) is 2.19. The summed E-state index contributed by atoms with van der Waals surface area (Å²) < 4.78 is 6.27. The van der Waals surface area contributed by atoms with Crippen LogP contribution in [0.2, 0.25) is 5.02 Å². The number of nitrogens with one attached hydrogen (secondary N) is 1. The van der Waals surface area contributed by atoms with Crippen LogP contribution < -0.4 is 5.32 Å². The van der Waals surface area contributed by atoms with Gasteiger partial charge < -0.3 is 10.1 Å². The van der Waals surface area contributed by atoms with Gasteiger partial charge in [0, 0.05) is 28.0 Å². The van der Waals surface area contributed by atoms with Crippen LogP contribution in [0.3, 0.4) is 0 Å². The first kappa shape index (κ1) is 12.4. The van der Waals surface area contributed by atoms with Gasteiger partial charge in [0.1, 0.15) is 0 Å². The first-order valence-corrected chi connectivity index (χ1v) is 6.49. The fourth-order valence-electron chi connectivity index (χ4n) is 1.72. The largest absolute Gasteiger partial charge is 0.380 e. The molecule has 0 spiro atoms. The molecule has 1 heterocycles. The molecule has 0 atom stereocenters. The van der Waals surface area contributed by atoms with E-state index in [1.54, 1.807) is 0 Å². The van der Waals surface area contributed by atoms with Gasteiger partial charge in [0.2, 0.25) is 0 Å². The van der Waals surface area contributed by atoms with Crippen LogP contribution in [-0.2, 0) is 11.3 Å². The smallest absolute Gasteiger partial charge is 0.0554 e. The van der Waals surface area contributed by atoms with Crippen molar-refractivity contribution in [3.63, 3.8) is 0 Å². The summed E-state index contributed by atoms with van der Waals surface area (Å²) in [6.07, 6.45) is 0. The van der Waals surface area contributed by atoms with E-state index in [2.05, 4.69) is 28.2 Å². The lowest BCUT2D eigenvalue weighted by molar-refractivity contribution is -0.0991. The molecule has 16 heavy (non-hydrogen) atoms. The average molecular weight is 305 g/mol. The van der Waals surface area contributed by atoms with Crippen LogP contribution in [-0.4, -0.2) is 19.8 Å². The zero-order valence-corrected chi connectivity index (χ0v) is 11.6. The number of hydrogen-bond donors (Lipinski definition) is 1. The molecule has 0 unspecified atom stereocenters. The molecular weight excluding hydrogens is 289 g/mol. The fraction of sp³-hybridized carbons (Fsp3) is 0.500.